The normalized spacial score (nSPS) is 16.0. The number of imidazole rings is 1. The lowest BCUT2D eigenvalue weighted by Gasteiger charge is -2.18. The van der Waals surface area contributed by atoms with Crippen LogP contribution in [0.4, 0.5) is 5.69 Å². The zero-order valence-corrected chi connectivity index (χ0v) is 19.3. The molecular weight excluding hydrogens is 434 g/mol. The summed E-state index contributed by atoms with van der Waals surface area (Å²) < 4.78 is 8.27. The summed E-state index contributed by atoms with van der Waals surface area (Å²) in [5, 5.41) is 0.629. The number of aryl methyl sites for hydroxylation is 2. The van der Waals surface area contributed by atoms with Crippen LogP contribution in [0.3, 0.4) is 0 Å². The fourth-order valence-corrected chi connectivity index (χ4v) is 4.72. The van der Waals surface area contributed by atoms with Gasteiger partial charge in [0.25, 0.3) is 0 Å². The Morgan fingerprint density at radius 2 is 1.88 bits per heavy atom. The van der Waals surface area contributed by atoms with Gasteiger partial charge < -0.3 is 14.2 Å². The van der Waals surface area contributed by atoms with Gasteiger partial charge in [0, 0.05) is 36.1 Å². The Kier molecular flexibility index (Phi) is 6.05. The molecular formula is C27H26ClN3O2. The summed E-state index contributed by atoms with van der Waals surface area (Å²) in [7, 11) is 0. The van der Waals surface area contributed by atoms with Crippen LogP contribution in [0.25, 0.3) is 11.0 Å². The fraction of sp³-hybridized carbons (Fsp3) is 0.259. The highest BCUT2D eigenvalue weighted by atomic mass is 35.5. The van der Waals surface area contributed by atoms with E-state index < -0.39 is 0 Å². The van der Waals surface area contributed by atoms with Gasteiger partial charge in [-0.15, -0.1) is 0 Å². The van der Waals surface area contributed by atoms with Crippen molar-refractivity contribution >= 4 is 34.2 Å². The van der Waals surface area contributed by atoms with Crippen LogP contribution in [0.5, 0.6) is 5.75 Å². The molecule has 1 atom stereocenters. The SMILES string of the molecule is Cc1ccccc1OCCCn1c([C@@H]2CC(=O)N(c3cccc(Cl)c3)C2)nc2ccccc21. The summed E-state index contributed by atoms with van der Waals surface area (Å²) in [6.45, 7) is 4.06. The van der Waals surface area contributed by atoms with E-state index in [1.807, 2.05) is 65.6 Å². The molecule has 168 valence electrons. The molecule has 0 aliphatic carbocycles. The molecule has 0 radical (unpaired) electrons. The fourth-order valence-electron chi connectivity index (χ4n) is 4.54. The Bertz CT molecular complexity index is 1300. The molecule has 0 N–H and O–H groups in total. The van der Waals surface area contributed by atoms with Crippen molar-refractivity contribution in [3.8, 4) is 5.75 Å². The van der Waals surface area contributed by atoms with E-state index in [1.54, 1.807) is 0 Å². The lowest BCUT2D eigenvalue weighted by Crippen LogP contribution is -2.24. The monoisotopic (exact) mass is 459 g/mol. The third kappa shape index (κ3) is 4.46. The number of nitrogens with zero attached hydrogens (tertiary/aromatic N) is 3. The van der Waals surface area contributed by atoms with Crippen LogP contribution >= 0.6 is 11.6 Å². The number of anilines is 1. The van der Waals surface area contributed by atoms with Gasteiger partial charge in [0.1, 0.15) is 11.6 Å². The molecule has 0 spiro atoms. The van der Waals surface area contributed by atoms with Crippen LogP contribution in [0, 0.1) is 6.92 Å². The lowest BCUT2D eigenvalue weighted by molar-refractivity contribution is -0.117. The maximum Gasteiger partial charge on any atom is 0.227 e. The summed E-state index contributed by atoms with van der Waals surface area (Å²) in [4.78, 5) is 19.6. The molecule has 0 saturated carbocycles. The summed E-state index contributed by atoms with van der Waals surface area (Å²) in [5.41, 5.74) is 4.03. The number of hydrogen-bond donors (Lipinski definition) is 0. The molecule has 1 amide bonds. The van der Waals surface area contributed by atoms with Crippen LogP contribution in [0.1, 0.15) is 30.1 Å². The number of benzene rings is 3. The van der Waals surface area contributed by atoms with Crippen LogP contribution in [-0.2, 0) is 11.3 Å². The van der Waals surface area contributed by atoms with Crippen LogP contribution in [0.2, 0.25) is 5.02 Å². The second-order valence-electron chi connectivity index (χ2n) is 8.46. The van der Waals surface area contributed by atoms with Crippen LogP contribution in [-0.4, -0.2) is 28.6 Å². The van der Waals surface area contributed by atoms with Crippen molar-refractivity contribution in [2.24, 2.45) is 0 Å². The van der Waals surface area contributed by atoms with Gasteiger partial charge >= 0.3 is 0 Å². The molecule has 1 saturated heterocycles. The smallest absolute Gasteiger partial charge is 0.227 e. The average molecular weight is 460 g/mol. The van der Waals surface area contributed by atoms with E-state index in [0.717, 1.165) is 46.8 Å². The standard InChI is InChI=1S/C27H26ClN3O2/c1-19-8-2-5-13-25(19)33-15-7-14-30-24-12-4-3-11-23(24)29-27(30)20-16-26(32)31(18-20)22-10-6-9-21(28)17-22/h2-6,8-13,17,20H,7,14-16,18H2,1H3/t20-/m1/s1. The highest BCUT2D eigenvalue weighted by molar-refractivity contribution is 6.30. The minimum absolute atomic E-state index is 0.0289. The maximum absolute atomic E-state index is 12.9. The molecule has 3 aromatic carbocycles. The lowest BCUT2D eigenvalue weighted by atomic mass is 10.1. The zero-order valence-electron chi connectivity index (χ0n) is 18.6. The summed E-state index contributed by atoms with van der Waals surface area (Å²) >= 11 is 6.16. The van der Waals surface area contributed by atoms with Gasteiger partial charge in [0.2, 0.25) is 5.91 Å². The first-order chi connectivity index (χ1) is 16.1. The van der Waals surface area contributed by atoms with Gasteiger partial charge in [0.15, 0.2) is 0 Å². The zero-order chi connectivity index (χ0) is 22.8. The van der Waals surface area contributed by atoms with E-state index in [-0.39, 0.29) is 11.8 Å². The molecule has 4 aromatic rings. The van der Waals surface area contributed by atoms with Crippen LogP contribution in [0.15, 0.2) is 72.8 Å². The van der Waals surface area contributed by atoms with Gasteiger partial charge in [-0.2, -0.15) is 0 Å². The Morgan fingerprint density at radius 1 is 1.06 bits per heavy atom. The molecule has 1 fully saturated rings. The number of rotatable bonds is 7. The van der Waals surface area contributed by atoms with Crippen molar-refractivity contribution < 1.29 is 9.53 Å². The van der Waals surface area contributed by atoms with Gasteiger partial charge in [-0.3, -0.25) is 4.79 Å². The van der Waals surface area contributed by atoms with Crippen molar-refractivity contribution in [3.63, 3.8) is 0 Å². The van der Waals surface area contributed by atoms with Crippen molar-refractivity contribution in [1.82, 2.24) is 9.55 Å². The first-order valence-electron chi connectivity index (χ1n) is 11.3. The van der Waals surface area contributed by atoms with E-state index in [9.17, 15) is 4.79 Å². The molecule has 1 aliphatic rings. The number of ether oxygens (including phenoxy) is 1. The number of carbonyl (C=O) groups is 1. The number of para-hydroxylation sites is 3. The van der Waals surface area contributed by atoms with Crippen molar-refractivity contribution in [3.05, 3.63) is 89.2 Å². The van der Waals surface area contributed by atoms with E-state index in [4.69, 9.17) is 21.3 Å². The van der Waals surface area contributed by atoms with Crippen molar-refractivity contribution in [2.45, 2.75) is 32.2 Å². The summed E-state index contributed by atoms with van der Waals surface area (Å²) in [6.07, 6.45) is 1.29. The Labute approximate surface area is 198 Å². The first kappa shape index (κ1) is 21.5. The van der Waals surface area contributed by atoms with E-state index in [2.05, 4.69) is 23.6 Å². The molecule has 1 aliphatic heterocycles. The van der Waals surface area contributed by atoms with Gasteiger partial charge in [0.05, 0.1) is 17.6 Å². The molecule has 6 heteroatoms. The largest absolute Gasteiger partial charge is 0.493 e. The minimum atomic E-state index is 0.0289. The van der Waals surface area contributed by atoms with E-state index in [0.29, 0.717) is 24.6 Å². The Balaban J connectivity index is 1.36. The highest BCUT2D eigenvalue weighted by Crippen LogP contribution is 2.34. The molecule has 5 nitrogen and oxygen atoms in total. The third-order valence-corrected chi connectivity index (χ3v) is 6.41. The summed E-state index contributed by atoms with van der Waals surface area (Å²) in [6, 6.07) is 23.7. The molecule has 1 aromatic heterocycles. The average Bonchev–Trinajstić information content (AvgIpc) is 3.38. The van der Waals surface area contributed by atoms with Gasteiger partial charge in [-0.05, 0) is 55.3 Å². The van der Waals surface area contributed by atoms with E-state index >= 15 is 0 Å². The molecule has 5 rings (SSSR count). The number of halogens is 1. The first-order valence-corrected chi connectivity index (χ1v) is 11.7. The number of aromatic nitrogens is 2. The predicted octanol–water partition coefficient (Wildman–Crippen LogP) is 5.99. The molecule has 33 heavy (non-hydrogen) atoms. The third-order valence-electron chi connectivity index (χ3n) is 6.17. The maximum atomic E-state index is 12.9. The van der Waals surface area contributed by atoms with Crippen molar-refractivity contribution in [1.29, 1.82) is 0 Å². The molecule has 0 unspecified atom stereocenters. The van der Waals surface area contributed by atoms with E-state index in [1.165, 1.54) is 0 Å². The topological polar surface area (TPSA) is 47.4 Å². The number of amides is 1. The predicted molar refractivity (Wildman–Crippen MR) is 132 cm³/mol. The van der Waals surface area contributed by atoms with Gasteiger partial charge in [-0.1, -0.05) is 48.0 Å². The number of carbonyl (C=O) groups excluding carboxylic acids is 1. The molecule has 2 heterocycles. The second-order valence-corrected chi connectivity index (χ2v) is 8.90. The number of hydrogen-bond acceptors (Lipinski definition) is 3. The van der Waals surface area contributed by atoms with Crippen molar-refractivity contribution in [2.75, 3.05) is 18.1 Å². The second kappa shape index (κ2) is 9.28. The quantitative estimate of drug-likeness (QED) is 0.319. The van der Waals surface area contributed by atoms with Crippen LogP contribution < -0.4 is 9.64 Å². The molecule has 0 bridgehead atoms. The Hall–Kier alpha value is -3.31. The summed E-state index contributed by atoms with van der Waals surface area (Å²) in [5.74, 6) is 2.02. The Morgan fingerprint density at radius 3 is 2.73 bits per heavy atom. The number of fused-ring (bicyclic) bond motifs is 1. The minimum Gasteiger partial charge on any atom is -0.493 e. The van der Waals surface area contributed by atoms with Gasteiger partial charge in [-0.25, -0.2) is 4.98 Å². The highest BCUT2D eigenvalue weighted by Gasteiger charge is 2.34.